The monoisotopic (exact) mass is 365 g/mol. The number of fused-ring (bicyclic) bond motifs is 2. The fourth-order valence-electron chi connectivity index (χ4n) is 3.46. The van der Waals surface area contributed by atoms with Crippen molar-refractivity contribution >= 4 is 11.0 Å². The van der Waals surface area contributed by atoms with Crippen molar-refractivity contribution < 1.29 is 13.9 Å². The van der Waals surface area contributed by atoms with Gasteiger partial charge in [-0.05, 0) is 42.8 Å². The lowest BCUT2D eigenvalue weighted by Gasteiger charge is -2.31. The van der Waals surface area contributed by atoms with Crippen molar-refractivity contribution in [2.24, 2.45) is 0 Å². The normalized spacial score (nSPS) is 16.0. The quantitative estimate of drug-likeness (QED) is 0.645. The Morgan fingerprint density at radius 2 is 1.93 bits per heavy atom. The highest BCUT2D eigenvalue weighted by Crippen LogP contribution is 2.31. The van der Waals surface area contributed by atoms with Crippen molar-refractivity contribution in [3.63, 3.8) is 0 Å². The third-order valence-corrected chi connectivity index (χ3v) is 4.86. The molecule has 27 heavy (non-hydrogen) atoms. The molecule has 1 aromatic heterocycles. The predicted octanol–water partition coefficient (Wildman–Crippen LogP) is 3.76. The third-order valence-electron chi connectivity index (χ3n) is 4.86. The van der Waals surface area contributed by atoms with E-state index in [0.29, 0.717) is 18.7 Å². The second kappa shape index (κ2) is 7.45. The Morgan fingerprint density at radius 3 is 2.74 bits per heavy atom. The van der Waals surface area contributed by atoms with Gasteiger partial charge in [-0.1, -0.05) is 31.2 Å². The first-order chi connectivity index (χ1) is 13.1. The Hall–Kier alpha value is -2.79. The Kier molecular flexibility index (Phi) is 4.86. The van der Waals surface area contributed by atoms with Gasteiger partial charge in [0.25, 0.3) is 0 Å². The molecule has 0 fully saturated rings. The summed E-state index contributed by atoms with van der Waals surface area (Å²) in [6.45, 7) is 6.83. The lowest BCUT2D eigenvalue weighted by Crippen LogP contribution is -2.40. The van der Waals surface area contributed by atoms with Crippen molar-refractivity contribution in [3.8, 4) is 11.5 Å². The van der Waals surface area contributed by atoms with Gasteiger partial charge in [0.15, 0.2) is 11.5 Å². The summed E-state index contributed by atoms with van der Waals surface area (Å²) in [7, 11) is 0. The number of ether oxygens (including phenoxy) is 2. The SMILES string of the molecule is CCN(Cc1cc(=O)oc2cc(C)ccc12)CC1COc2ccccc2O1. The number of hydrogen-bond donors (Lipinski definition) is 0. The highest BCUT2D eigenvalue weighted by molar-refractivity contribution is 5.80. The maximum Gasteiger partial charge on any atom is 0.336 e. The standard InChI is InChI=1S/C22H23NO4/c1-3-23(13-17-14-25-19-6-4-5-7-20(19)26-17)12-16-11-22(24)27-21-10-15(2)8-9-18(16)21/h4-11,17H,3,12-14H2,1-2H3. The van der Waals surface area contributed by atoms with Crippen LogP contribution in [0.5, 0.6) is 11.5 Å². The molecule has 5 heteroatoms. The molecule has 1 atom stereocenters. The van der Waals surface area contributed by atoms with Crippen molar-refractivity contribution in [1.82, 2.24) is 4.90 Å². The minimum Gasteiger partial charge on any atom is -0.486 e. The molecule has 140 valence electrons. The number of nitrogens with zero attached hydrogens (tertiary/aromatic N) is 1. The summed E-state index contributed by atoms with van der Waals surface area (Å²) in [5.41, 5.74) is 2.37. The first-order valence-electron chi connectivity index (χ1n) is 9.26. The van der Waals surface area contributed by atoms with Gasteiger partial charge in [0.05, 0.1) is 0 Å². The topological polar surface area (TPSA) is 51.9 Å². The molecular weight excluding hydrogens is 342 g/mol. The summed E-state index contributed by atoms with van der Waals surface area (Å²) in [4.78, 5) is 14.2. The molecule has 0 amide bonds. The molecule has 0 saturated carbocycles. The van der Waals surface area contributed by atoms with Gasteiger partial charge in [0.2, 0.25) is 0 Å². The molecule has 5 nitrogen and oxygen atoms in total. The number of rotatable bonds is 5. The summed E-state index contributed by atoms with van der Waals surface area (Å²) in [5, 5.41) is 0.977. The van der Waals surface area contributed by atoms with E-state index in [2.05, 4.69) is 11.8 Å². The highest BCUT2D eigenvalue weighted by atomic mass is 16.6. The third kappa shape index (κ3) is 3.83. The molecule has 4 rings (SSSR count). The van der Waals surface area contributed by atoms with Gasteiger partial charge < -0.3 is 13.9 Å². The van der Waals surface area contributed by atoms with Gasteiger partial charge in [-0.15, -0.1) is 0 Å². The number of hydrogen-bond acceptors (Lipinski definition) is 5. The van der Waals surface area contributed by atoms with Gasteiger partial charge in [-0.3, -0.25) is 4.90 Å². The van der Waals surface area contributed by atoms with Crippen molar-refractivity contribution in [2.75, 3.05) is 19.7 Å². The van der Waals surface area contributed by atoms with Gasteiger partial charge in [-0.25, -0.2) is 4.79 Å². The first kappa shape index (κ1) is 17.6. The average molecular weight is 365 g/mol. The molecular formula is C22H23NO4. The Labute approximate surface area is 158 Å². The van der Waals surface area contributed by atoms with Crippen LogP contribution >= 0.6 is 0 Å². The molecule has 2 heterocycles. The maximum absolute atomic E-state index is 12.0. The van der Waals surface area contributed by atoms with Crippen LogP contribution in [0.15, 0.2) is 57.7 Å². The molecule has 0 spiro atoms. The van der Waals surface area contributed by atoms with Crippen molar-refractivity contribution in [2.45, 2.75) is 26.5 Å². The largest absolute Gasteiger partial charge is 0.486 e. The minimum absolute atomic E-state index is 0.0477. The van der Waals surface area contributed by atoms with E-state index in [4.69, 9.17) is 13.9 Å². The lowest BCUT2D eigenvalue weighted by molar-refractivity contribution is 0.0581. The van der Waals surface area contributed by atoms with Gasteiger partial charge in [-0.2, -0.15) is 0 Å². The van der Waals surface area contributed by atoms with Crippen LogP contribution in [0.1, 0.15) is 18.1 Å². The Morgan fingerprint density at radius 1 is 1.11 bits per heavy atom. The fraction of sp³-hybridized carbons (Fsp3) is 0.318. The smallest absolute Gasteiger partial charge is 0.336 e. The van der Waals surface area contributed by atoms with Crippen molar-refractivity contribution in [1.29, 1.82) is 0 Å². The number of para-hydroxylation sites is 2. The molecule has 0 bridgehead atoms. The minimum atomic E-state index is -0.315. The summed E-state index contributed by atoms with van der Waals surface area (Å²) in [5.74, 6) is 1.57. The molecule has 0 saturated heterocycles. The van der Waals surface area contributed by atoms with Gasteiger partial charge in [0, 0.05) is 24.5 Å². The highest BCUT2D eigenvalue weighted by Gasteiger charge is 2.23. The van der Waals surface area contributed by atoms with Gasteiger partial charge in [0.1, 0.15) is 18.3 Å². The van der Waals surface area contributed by atoms with Crippen LogP contribution in [-0.2, 0) is 6.54 Å². The average Bonchev–Trinajstić information content (AvgIpc) is 2.66. The fourth-order valence-corrected chi connectivity index (χ4v) is 3.46. The van der Waals surface area contributed by atoms with E-state index in [0.717, 1.165) is 41.1 Å². The second-order valence-corrected chi connectivity index (χ2v) is 6.92. The Bertz CT molecular complexity index is 1010. The molecule has 0 aliphatic carbocycles. The maximum atomic E-state index is 12.0. The van der Waals surface area contributed by atoms with Crippen LogP contribution in [-0.4, -0.2) is 30.7 Å². The number of likely N-dealkylation sites (N-methyl/N-ethyl adjacent to an activating group) is 1. The molecule has 0 N–H and O–H groups in total. The van der Waals surface area contributed by atoms with E-state index in [1.54, 1.807) is 6.07 Å². The van der Waals surface area contributed by atoms with Crippen LogP contribution < -0.4 is 15.1 Å². The van der Waals surface area contributed by atoms with E-state index in [1.165, 1.54) is 0 Å². The first-order valence-corrected chi connectivity index (χ1v) is 9.26. The summed E-state index contributed by atoms with van der Waals surface area (Å²) in [6, 6.07) is 15.3. The van der Waals surface area contributed by atoms with Crippen LogP contribution in [0.3, 0.4) is 0 Å². The lowest BCUT2D eigenvalue weighted by atomic mass is 10.1. The molecule has 1 unspecified atom stereocenters. The van der Waals surface area contributed by atoms with Gasteiger partial charge >= 0.3 is 5.63 Å². The molecule has 0 radical (unpaired) electrons. The zero-order valence-electron chi connectivity index (χ0n) is 15.6. The van der Waals surface area contributed by atoms with E-state index >= 15 is 0 Å². The summed E-state index contributed by atoms with van der Waals surface area (Å²) in [6.07, 6.45) is -0.0477. The molecule has 1 aliphatic heterocycles. The van der Waals surface area contributed by atoms with Crippen LogP contribution in [0.2, 0.25) is 0 Å². The van der Waals surface area contributed by atoms with Crippen LogP contribution in [0, 0.1) is 6.92 Å². The summed E-state index contributed by atoms with van der Waals surface area (Å²) >= 11 is 0. The molecule has 1 aliphatic rings. The van der Waals surface area contributed by atoms with Crippen molar-refractivity contribution in [3.05, 3.63) is 70.1 Å². The molecule has 2 aromatic carbocycles. The zero-order chi connectivity index (χ0) is 18.8. The second-order valence-electron chi connectivity index (χ2n) is 6.92. The predicted molar refractivity (Wildman–Crippen MR) is 105 cm³/mol. The van der Waals surface area contributed by atoms with Crippen LogP contribution in [0.4, 0.5) is 0 Å². The number of benzene rings is 2. The molecule has 3 aromatic rings. The van der Waals surface area contributed by atoms with E-state index < -0.39 is 0 Å². The Balaban J connectivity index is 1.53. The van der Waals surface area contributed by atoms with E-state index in [1.807, 2.05) is 49.4 Å². The zero-order valence-corrected chi connectivity index (χ0v) is 15.6. The van der Waals surface area contributed by atoms with E-state index in [-0.39, 0.29) is 11.7 Å². The number of aryl methyl sites for hydroxylation is 1. The van der Waals surface area contributed by atoms with E-state index in [9.17, 15) is 4.79 Å². The summed E-state index contributed by atoms with van der Waals surface area (Å²) < 4.78 is 17.3. The van der Waals surface area contributed by atoms with Crippen LogP contribution in [0.25, 0.3) is 11.0 Å².